The van der Waals surface area contributed by atoms with Crippen LogP contribution in [0, 0.1) is 0 Å². The van der Waals surface area contributed by atoms with E-state index < -0.39 is 0 Å². The van der Waals surface area contributed by atoms with Gasteiger partial charge in [-0.25, -0.2) is 0 Å². The minimum atomic E-state index is 0.632. The maximum absolute atomic E-state index is 5.87. The fourth-order valence-electron chi connectivity index (χ4n) is 2.65. The normalized spacial score (nSPS) is 13.0. The summed E-state index contributed by atoms with van der Waals surface area (Å²) in [5, 5.41) is 3.29. The van der Waals surface area contributed by atoms with E-state index in [2.05, 4.69) is 23.5 Å². The number of rotatable bonds is 5. The zero-order valence-electron chi connectivity index (χ0n) is 11.6. The van der Waals surface area contributed by atoms with Crippen LogP contribution in [-0.4, -0.2) is 13.2 Å². The van der Waals surface area contributed by atoms with Gasteiger partial charge in [0, 0.05) is 6.54 Å². The predicted molar refractivity (Wildman–Crippen MR) is 83.3 cm³/mol. The Kier molecular flexibility index (Phi) is 3.77. The van der Waals surface area contributed by atoms with Crippen LogP contribution in [0.5, 0.6) is 5.75 Å². The second kappa shape index (κ2) is 5.87. The first-order valence-electron chi connectivity index (χ1n) is 7.16. The molecule has 0 unspecified atom stereocenters. The van der Waals surface area contributed by atoms with Crippen LogP contribution in [0.3, 0.4) is 0 Å². The molecule has 1 aliphatic rings. The summed E-state index contributed by atoms with van der Waals surface area (Å²) in [7, 11) is 0. The van der Waals surface area contributed by atoms with Gasteiger partial charge in [0.05, 0.1) is 11.4 Å². The van der Waals surface area contributed by atoms with E-state index in [-0.39, 0.29) is 0 Å². The second-order valence-corrected chi connectivity index (χ2v) is 5.15. The number of hydrogen-bond acceptors (Lipinski definition) is 3. The standard InChI is InChI=1S/C17H20N2O/c18-16-6-1-2-7-17(16)19-10-11-20-15-9-8-13-4-3-5-14(13)12-15/h1-2,6-9,12,19H,3-5,10-11,18H2. The van der Waals surface area contributed by atoms with Gasteiger partial charge in [-0.15, -0.1) is 0 Å². The molecule has 0 fully saturated rings. The Bertz CT molecular complexity index is 595. The lowest BCUT2D eigenvalue weighted by molar-refractivity contribution is 0.332. The lowest BCUT2D eigenvalue weighted by Gasteiger charge is -2.11. The summed E-state index contributed by atoms with van der Waals surface area (Å²) in [6, 6.07) is 14.2. The molecule has 104 valence electrons. The molecule has 2 aromatic rings. The van der Waals surface area contributed by atoms with Crippen LogP contribution < -0.4 is 15.8 Å². The first-order valence-corrected chi connectivity index (χ1v) is 7.16. The molecule has 3 nitrogen and oxygen atoms in total. The minimum absolute atomic E-state index is 0.632. The van der Waals surface area contributed by atoms with Crippen LogP contribution in [0.15, 0.2) is 42.5 Å². The van der Waals surface area contributed by atoms with Crippen LogP contribution in [0.2, 0.25) is 0 Å². The third-order valence-corrected chi connectivity index (χ3v) is 3.72. The summed E-state index contributed by atoms with van der Waals surface area (Å²) < 4.78 is 5.79. The second-order valence-electron chi connectivity index (χ2n) is 5.15. The van der Waals surface area contributed by atoms with Crippen LogP contribution >= 0.6 is 0 Å². The summed E-state index contributed by atoms with van der Waals surface area (Å²) in [4.78, 5) is 0. The number of nitrogens with one attached hydrogen (secondary N) is 1. The van der Waals surface area contributed by atoms with E-state index >= 15 is 0 Å². The number of hydrogen-bond donors (Lipinski definition) is 2. The molecular formula is C17H20N2O. The van der Waals surface area contributed by atoms with E-state index in [1.807, 2.05) is 24.3 Å². The molecule has 0 saturated heterocycles. The van der Waals surface area contributed by atoms with Crippen molar-refractivity contribution in [1.29, 1.82) is 0 Å². The molecule has 0 atom stereocenters. The maximum atomic E-state index is 5.87. The predicted octanol–water partition coefficient (Wildman–Crippen LogP) is 3.25. The summed E-state index contributed by atoms with van der Waals surface area (Å²) >= 11 is 0. The summed E-state index contributed by atoms with van der Waals surface area (Å²) in [6.45, 7) is 1.37. The van der Waals surface area contributed by atoms with Crippen molar-refractivity contribution in [2.75, 3.05) is 24.2 Å². The highest BCUT2D eigenvalue weighted by molar-refractivity contribution is 5.65. The number of ether oxygens (including phenoxy) is 1. The number of nitrogens with two attached hydrogens (primary N) is 1. The topological polar surface area (TPSA) is 47.3 Å². The number of aryl methyl sites for hydroxylation is 2. The molecule has 0 amide bonds. The Balaban J connectivity index is 1.49. The average molecular weight is 268 g/mol. The number of fused-ring (bicyclic) bond motifs is 1. The van der Waals surface area contributed by atoms with Crippen molar-refractivity contribution in [3.63, 3.8) is 0 Å². The smallest absolute Gasteiger partial charge is 0.119 e. The molecule has 3 heteroatoms. The highest BCUT2D eigenvalue weighted by Gasteiger charge is 2.10. The van der Waals surface area contributed by atoms with Gasteiger partial charge in [-0.05, 0) is 54.7 Å². The van der Waals surface area contributed by atoms with Gasteiger partial charge in [0.2, 0.25) is 0 Å². The van der Waals surface area contributed by atoms with Crippen molar-refractivity contribution in [3.8, 4) is 5.75 Å². The van der Waals surface area contributed by atoms with Crippen LogP contribution in [0.25, 0.3) is 0 Å². The fourth-order valence-corrected chi connectivity index (χ4v) is 2.65. The van der Waals surface area contributed by atoms with Crippen molar-refractivity contribution < 1.29 is 4.74 Å². The van der Waals surface area contributed by atoms with Crippen molar-refractivity contribution in [2.24, 2.45) is 0 Å². The average Bonchev–Trinajstić information content (AvgIpc) is 2.93. The Labute approximate surface area is 119 Å². The Morgan fingerprint density at radius 1 is 1.05 bits per heavy atom. The lowest BCUT2D eigenvalue weighted by Crippen LogP contribution is -2.12. The number of benzene rings is 2. The molecule has 2 aromatic carbocycles. The van der Waals surface area contributed by atoms with Crippen molar-refractivity contribution in [2.45, 2.75) is 19.3 Å². The molecule has 1 aliphatic carbocycles. The molecule has 0 bridgehead atoms. The van der Waals surface area contributed by atoms with E-state index in [1.165, 1.54) is 30.4 Å². The van der Waals surface area contributed by atoms with Gasteiger partial charge in [0.25, 0.3) is 0 Å². The quantitative estimate of drug-likeness (QED) is 0.646. The van der Waals surface area contributed by atoms with E-state index in [4.69, 9.17) is 10.5 Å². The highest BCUT2D eigenvalue weighted by Crippen LogP contribution is 2.26. The Morgan fingerprint density at radius 2 is 1.90 bits per heavy atom. The van der Waals surface area contributed by atoms with E-state index in [0.717, 1.165) is 23.7 Å². The summed E-state index contributed by atoms with van der Waals surface area (Å²) in [5.41, 5.74) is 10.5. The third-order valence-electron chi connectivity index (χ3n) is 3.72. The summed E-state index contributed by atoms with van der Waals surface area (Å²) in [6.07, 6.45) is 3.67. The molecule has 0 aromatic heterocycles. The number of nitrogen functional groups attached to an aromatic ring is 1. The monoisotopic (exact) mass is 268 g/mol. The summed E-state index contributed by atoms with van der Waals surface area (Å²) in [5.74, 6) is 0.966. The zero-order chi connectivity index (χ0) is 13.8. The first kappa shape index (κ1) is 12.9. The van der Waals surface area contributed by atoms with Gasteiger partial charge in [-0.3, -0.25) is 0 Å². The van der Waals surface area contributed by atoms with Gasteiger partial charge in [-0.2, -0.15) is 0 Å². The highest BCUT2D eigenvalue weighted by atomic mass is 16.5. The lowest BCUT2D eigenvalue weighted by atomic mass is 10.1. The first-order chi connectivity index (χ1) is 9.83. The van der Waals surface area contributed by atoms with E-state index in [9.17, 15) is 0 Å². The van der Waals surface area contributed by atoms with Crippen molar-refractivity contribution >= 4 is 11.4 Å². The number of para-hydroxylation sites is 2. The van der Waals surface area contributed by atoms with Gasteiger partial charge < -0.3 is 15.8 Å². The molecule has 20 heavy (non-hydrogen) atoms. The zero-order valence-corrected chi connectivity index (χ0v) is 11.6. The minimum Gasteiger partial charge on any atom is -0.492 e. The largest absolute Gasteiger partial charge is 0.492 e. The van der Waals surface area contributed by atoms with Crippen molar-refractivity contribution in [3.05, 3.63) is 53.6 Å². The molecule has 0 heterocycles. The van der Waals surface area contributed by atoms with Gasteiger partial charge in [-0.1, -0.05) is 18.2 Å². The third kappa shape index (κ3) is 2.87. The van der Waals surface area contributed by atoms with Gasteiger partial charge in [0.1, 0.15) is 12.4 Å². The molecule has 0 saturated carbocycles. The molecule has 0 aliphatic heterocycles. The Hall–Kier alpha value is -2.16. The van der Waals surface area contributed by atoms with E-state index in [1.54, 1.807) is 0 Å². The molecule has 3 N–H and O–H groups in total. The number of anilines is 2. The molecular weight excluding hydrogens is 248 g/mol. The maximum Gasteiger partial charge on any atom is 0.119 e. The SMILES string of the molecule is Nc1ccccc1NCCOc1ccc2c(c1)CCC2. The van der Waals surface area contributed by atoms with Crippen LogP contribution in [0.4, 0.5) is 11.4 Å². The van der Waals surface area contributed by atoms with Crippen molar-refractivity contribution in [1.82, 2.24) is 0 Å². The Morgan fingerprint density at radius 3 is 2.80 bits per heavy atom. The van der Waals surface area contributed by atoms with Gasteiger partial charge >= 0.3 is 0 Å². The molecule has 3 rings (SSSR count). The van der Waals surface area contributed by atoms with Crippen LogP contribution in [0.1, 0.15) is 17.5 Å². The van der Waals surface area contributed by atoms with Crippen LogP contribution in [-0.2, 0) is 12.8 Å². The molecule has 0 radical (unpaired) electrons. The van der Waals surface area contributed by atoms with Gasteiger partial charge in [0.15, 0.2) is 0 Å². The van der Waals surface area contributed by atoms with E-state index in [0.29, 0.717) is 6.61 Å². The molecule has 0 spiro atoms. The fraction of sp³-hybridized carbons (Fsp3) is 0.294.